The van der Waals surface area contributed by atoms with Gasteiger partial charge in [-0.1, -0.05) is 0 Å². The SMILES string of the molecule is O=C(Nc1ccc(S(=O)(=O)N2CCN(c3cnccn3)CC2)cc1)c1ccc(F)cc1F. The van der Waals surface area contributed by atoms with Crippen molar-refractivity contribution in [1.82, 2.24) is 14.3 Å². The zero-order valence-corrected chi connectivity index (χ0v) is 17.6. The van der Waals surface area contributed by atoms with Crippen LogP contribution in [0.3, 0.4) is 0 Å². The molecule has 1 saturated heterocycles. The fourth-order valence-corrected chi connectivity index (χ4v) is 4.77. The molecule has 0 unspecified atom stereocenters. The van der Waals surface area contributed by atoms with E-state index in [-0.39, 0.29) is 16.1 Å². The van der Waals surface area contributed by atoms with Crippen LogP contribution in [0.25, 0.3) is 0 Å². The third-order valence-electron chi connectivity index (χ3n) is 5.04. The molecule has 1 N–H and O–H groups in total. The molecule has 1 fully saturated rings. The van der Waals surface area contributed by atoms with Gasteiger partial charge in [0.25, 0.3) is 5.91 Å². The summed E-state index contributed by atoms with van der Waals surface area (Å²) in [4.78, 5) is 22.5. The van der Waals surface area contributed by atoms with E-state index in [9.17, 15) is 22.0 Å². The summed E-state index contributed by atoms with van der Waals surface area (Å²) >= 11 is 0. The van der Waals surface area contributed by atoms with Crippen molar-refractivity contribution in [1.29, 1.82) is 0 Å². The second-order valence-electron chi connectivity index (χ2n) is 7.06. The Morgan fingerprint density at radius 1 is 0.969 bits per heavy atom. The number of carbonyl (C=O) groups excluding carboxylic acids is 1. The van der Waals surface area contributed by atoms with Crippen LogP contribution in [0.2, 0.25) is 0 Å². The number of rotatable bonds is 5. The van der Waals surface area contributed by atoms with E-state index in [0.29, 0.717) is 38.1 Å². The zero-order valence-electron chi connectivity index (χ0n) is 16.8. The molecule has 0 radical (unpaired) electrons. The molecular formula is C21H19F2N5O3S. The highest BCUT2D eigenvalue weighted by atomic mass is 32.2. The molecule has 8 nitrogen and oxygen atoms in total. The van der Waals surface area contributed by atoms with Crippen molar-refractivity contribution < 1.29 is 22.0 Å². The Balaban J connectivity index is 1.41. The lowest BCUT2D eigenvalue weighted by Gasteiger charge is -2.34. The van der Waals surface area contributed by atoms with Crippen LogP contribution < -0.4 is 10.2 Å². The monoisotopic (exact) mass is 459 g/mol. The number of nitrogens with one attached hydrogen (secondary N) is 1. The molecule has 0 bridgehead atoms. The molecule has 1 aromatic heterocycles. The van der Waals surface area contributed by atoms with E-state index in [0.717, 1.165) is 12.1 Å². The first-order chi connectivity index (χ1) is 15.3. The minimum absolute atomic E-state index is 0.0800. The standard InChI is InChI=1S/C21H19F2N5O3S/c22-15-1-6-18(19(23)13-15)21(29)26-16-2-4-17(5-3-16)32(30,31)28-11-9-27(10-12-28)20-14-24-7-8-25-20/h1-8,13-14H,9-12H2,(H,26,29). The van der Waals surface area contributed by atoms with Gasteiger partial charge in [0.15, 0.2) is 0 Å². The summed E-state index contributed by atoms with van der Waals surface area (Å²) in [5.74, 6) is -1.84. The molecule has 3 aromatic rings. The highest BCUT2D eigenvalue weighted by Crippen LogP contribution is 2.22. The van der Waals surface area contributed by atoms with Gasteiger partial charge < -0.3 is 10.2 Å². The highest BCUT2D eigenvalue weighted by Gasteiger charge is 2.29. The molecule has 1 aliphatic heterocycles. The van der Waals surface area contributed by atoms with E-state index < -0.39 is 27.6 Å². The fourth-order valence-electron chi connectivity index (χ4n) is 3.34. The average Bonchev–Trinajstić information content (AvgIpc) is 2.80. The van der Waals surface area contributed by atoms with Crippen molar-refractivity contribution in [3.05, 3.63) is 78.3 Å². The maximum absolute atomic E-state index is 13.8. The van der Waals surface area contributed by atoms with Crippen LogP contribution in [0.15, 0.2) is 66.0 Å². The lowest BCUT2D eigenvalue weighted by atomic mass is 10.2. The van der Waals surface area contributed by atoms with E-state index in [1.807, 2.05) is 4.90 Å². The largest absolute Gasteiger partial charge is 0.353 e. The summed E-state index contributed by atoms with van der Waals surface area (Å²) in [6, 6.07) is 8.23. The molecule has 166 valence electrons. The van der Waals surface area contributed by atoms with Crippen LogP contribution in [0.5, 0.6) is 0 Å². The Kier molecular flexibility index (Phi) is 6.10. The van der Waals surface area contributed by atoms with Gasteiger partial charge in [-0.2, -0.15) is 4.31 Å². The van der Waals surface area contributed by atoms with E-state index in [1.165, 1.54) is 28.6 Å². The molecule has 0 spiro atoms. The second-order valence-corrected chi connectivity index (χ2v) is 9.00. The minimum Gasteiger partial charge on any atom is -0.353 e. The molecule has 2 aromatic carbocycles. The van der Waals surface area contributed by atoms with Gasteiger partial charge in [-0.05, 0) is 36.4 Å². The summed E-state index contributed by atoms with van der Waals surface area (Å²) in [6.45, 7) is 1.55. The van der Waals surface area contributed by atoms with Gasteiger partial charge in [0, 0.05) is 50.3 Å². The Labute approximate surface area is 183 Å². The second kappa shape index (κ2) is 8.97. The molecule has 1 aliphatic rings. The van der Waals surface area contributed by atoms with E-state index >= 15 is 0 Å². The van der Waals surface area contributed by atoms with Crippen LogP contribution in [-0.4, -0.2) is 54.8 Å². The van der Waals surface area contributed by atoms with Gasteiger partial charge in [-0.25, -0.2) is 22.2 Å². The van der Waals surface area contributed by atoms with Crippen LogP contribution in [0, 0.1) is 11.6 Å². The smallest absolute Gasteiger partial charge is 0.258 e. The third kappa shape index (κ3) is 4.58. The van der Waals surface area contributed by atoms with Crippen LogP contribution in [0.4, 0.5) is 20.3 Å². The number of amides is 1. The van der Waals surface area contributed by atoms with Crippen LogP contribution in [0.1, 0.15) is 10.4 Å². The Hall–Kier alpha value is -3.44. The number of nitrogens with zero attached hydrogens (tertiary/aromatic N) is 4. The van der Waals surface area contributed by atoms with Crippen molar-refractivity contribution in [3.8, 4) is 0 Å². The predicted molar refractivity (Wildman–Crippen MR) is 114 cm³/mol. The molecule has 11 heteroatoms. The minimum atomic E-state index is -3.72. The summed E-state index contributed by atoms with van der Waals surface area (Å²) in [6.07, 6.45) is 4.80. The van der Waals surface area contributed by atoms with E-state index in [4.69, 9.17) is 0 Å². The van der Waals surface area contributed by atoms with Crippen molar-refractivity contribution in [2.45, 2.75) is 4.90 Å². The predicted octanol–water partition coefficient (Wildman–Crippen LogP) is 2.52. The summed E-state index contributed by atoms with van der Waals surface area (Å²) in [5.41, 5.74) is -0.0331. The first kappa shape index (κ1) is 21.8. The zero-order chi connectivity index (χ0) is 22.7. The maximum atomic E-state index is 13.8. The van der Waals surface area contributed by atoms with Crippen molar-refractivity contribution in [3.63, 3.8) is 0 Å². The Morgan fingerprint density at radius 2 is 1.69 bits per heavy atom. The van der Waals surface area contributed by atoms with Gasteiger partial charge >= 0.3 is 0 Å². The summed E-state index contributed by atoms with van der Waals surface area (Å²) in [5, 5.41) is 2.47. The average molecular weight is 459 g/mol. The lowest BCUT2D eigenvalue weighted by molar-refractivity contribution is 0.102. The van der Waals surface area contributed by atoms with Crippen LogP contribution in [-0.2, 0) is 10.0 Å². The van der Waals surface area contributed by atoms with Crippen LogP contribution >= 0.6 is 0 Å². The number of aromatic nitrogens is 2. The number of anilines is 2. The third-order valence-corrected chi connectivity index (χ3v) is 6.95. The van der Waals surface area contributed by atoms with Crippen molar-refractivity contribution >= 4 is 27.4 Å². The highest BCUT2D eigenvalue weighted by molar-refractivity contribution is 7.89. The van der Waals surface area contributed by atoms with E-state index in [2.05, 4.69) is 15.3 Å². The first-order valence-electron chi connectivity index (χ1n) is 9.72. The first-order valence-corrected chi connectivity index (χ1v) is 11.2. The number of piperazine rings is 1. The molecule has 2 heterocycles. The summed E-state index contributed by atoms with van der Waals surface area (Å²) < 4.78 is 54.1. The maximum Gasteiger partial charge on any atom is 0.258 e. The Bertz CT molecular complexity index is 1220. The molecule has 1 amide bonds. The molecular weight excluding hydrogens is 440 g/mol. The number of halogens is 2. The number of hydrogen-bond acceptors (Lipinski definition) is 6. The number of hydrogen-bond donors (Lipinski definition) is 1. The molecule has 0 atom stereocenters. The number of benzene rings is 2. The van der Waals surface area contributed by atoms with Gasteiger partial charge in [0.1, 0.15) is 17.5 Å². The van der Waals surface area contributed by atoms with Gasteiger partial charge in [0.05, 0.1) is 16.7 Å². The number of sulfonamides is 1. The molecule has 4 rings (SSSR count). The molecule has 0 saturated carbocycles. The molecule has 32 heavy (non-hydrogen) atoms. The Morgan fingerprint density at radius 3 is 2.31 bits per heavy atom. The quantitative estimate of drug-likeness (QED) is 0.630. The van der Waals surface area contributed by atoms with Gasteiger partial charge in [-0.15, -0.1) is 0 Å². The number of carbonyl (C=O) groups is 1. The van der Waals surface area contributed by atoms with Crippen molar-refractivity contribution in [2.75, 3.05) is 36.4 Å². The van der Waals surface area contributed by atoms with Gasteiger partial charge in [0.2, 0.25) is 10.0 Å². The van der Waals surface area contributed by atoms with Crippen molar-refractivity contribution in [2.24, 2.45) is 0 Å². The normalized spacial score (nSPS) is 14.9. The fraction of sp³-hybridized carbons (Fsp3) is 0.190. The lowest BCUT2D eigenvalue weighted by Crippen LogP contribution is -2.48. The van der Waals surface area contributed by atoms with Gasteiger partial charge in [-0.3, -0.25) is 9.78 Å². The topological polar surface area (TPSA) is 95.5 Å². The summed E-state index contributed by atoms with van der Waals surface area (Å²) in [7, 11) is -3.72. The molecule has 0 aliphatic carbocycles. The van der Waals surface area contributed by atoms with E-state index in [1.54, 1.807) is 18.6 Å².